The Morgan fingerprint density at radius 2 is 2.00 bits per heavy atom. The van der Waals surface area contributed by atoms with Crippen molar-refractivity contribution in [1.29, 1.82) is 0 Å². The van der Waals surface area contributed by atoms with Gasteiger partial charge in [-0.3, -0.25) is 9.59 Å². The van der Waals surface area contributed by atoms with Crippen molar-refractivity contribution < 1.29 is 18.7 Å². The SMILES string of the molecule is CC(=O)Nc1ccc(-c2csc(NC(=O)CCCOc3cccc(C)c3)n2)c(F)c1. The van der Waals surface area contributed by atoms with Gasteiger partial charge in [0, 0.05) is 30.0 Å². The number of nitrogens with one attached hydrogen (secondary N) is 2. The minimum absolute atomic E-state index is 0.176. The zero-order valence-electron chi connectivity index (χ0n) is 16.7. The summed E-state index contributed by atoms with van der Waals surface area (Å²) >= 11 is 1.22. The summed E-state index contributed by atoms with van der Waals surface area (Å²) in [6, 6.07) is 12.1. The summed E-state index contributed by atoms with van der Waals surface area (Å²) in [5.74, 6) is -0.167. The van der Waals surface area contributed by atoms with E-state index in [0.29, 0.717) is 41.5 Å². The average Bonchev–Trinajstić information content (AvgIpc) is 3.13. The number of aromatic nitrogens is 1. The number of anilines is 2. The molecule has 3 aromatic rings. The van der Waals surface area contributed by atoms with E-state index in [1.165, 1.54) is 24.3 Å². The number of thiazole rings is 1. The van der Waals surface area contributed by atoms with E-state index in [9.17, 15) is 14.0 Å². The zero-order chi connectivity index (χ0) is 21.5. The van der Waals surface area contributed by atoms with Gasteiger partial charge in [-0.25, -0.2) is 9.37 Å². The Balaban J connectivity index is 1.50. The maximum Gasteiger partial charge on any atom is 0.226 e. The van der Waals surface area contributed by atoms with Crippen molar-refractivity contribution in [2.45, 2.75) is 26.7 Å². The number of carbonyl (C=O) groups excluding carboxylic acids is 2. The van der Waals surface area contributed by atoms with Crippen LogP contribution in [0.5, 0.6) is 5.75 Å². The molecule has 0 spiro atoms. The van der Waals surface area contributed by atoms with Crippen molar-refractivity contribution in [3.63, 3.8) is 0 Å². The molecule has 8 heteroatoms. The standard InChI is InChI=1S/C22H22FN3O3S/c1-14-5-3-6-17(11-14)29-10-4-7-21(28)26-22-25-20(13-30-22)18-9-8-16(12-19(18)23)24-15(2)27/h3,5-6,8-9,11-13H,4,7,10H2,1-2H3,(H,24,27)(H,25,26,28). The lowest BCUT2D eigenvalue weighted by Crippen LogP contribution is -2.12. The van der Waals surface area contributed by atoms with Gasteiger partial charge in [0.05, 0.1) is 12.3 Å². The molecule has 6 nitrogen and oxygen atoms in total. The van der Waals surface area contributed by atoms with Crippen molar-refractivity contribution in [2.75, 3.05) is 17.2 Å². The van der Waals surface area contributed by atoms with E-state index in [-0.39, 0.29) is 11.8 Å². The second kappa shape index (κ2) is 9.98. The largest absolute Gasteiger partial charge is 0.494 e. The molecule has 0 aliphatic rings. The van der Waals surface area contributed by atoms with Gasteiger partial charge in [0.15, 0.2) is 5.13 Å². The number of nitrogens with zero attached hydrogens (tertiary/aromatic N) is 1. The van der Waals surface area contributed by atoms with Crippen LogP contribution in [0, 0.1) is 12.7 Å². The van der Waals surface area contributed by atoms with Crippen molar-refractivity contribution in [1.82, 2.24) is 4.98 Å². The van der Waals surface area contributed by atoms with E-state index in [2.05, 4.69) is 15.6 Å². The van der Waals surface area contributed by atoms with Crippen LogP contribution in [-0.4, -0.2) is 23.4 Å². The molecular formula is C22H22FN3O3S. The van der Waals surface area contributed by atoms with Crippen LogP contribution in [0.15, 0.2) is 47.8 Å². The van der Waals surface area contributed by atoms with Gasteiger partial charge in [-0.1, -0.05) is 12.1 Å². The number of carbonyl (C=O) groups is 2. The molecule has 2 aromatic carbocycles. The minimum Gasteiger partial charge on any atom is -0.494 e. The monoisotopic (exact) mass is 427 g/mol. The molecule has 0 radical (unpaired) electrons. The highest BCUT2D eigenvalue weighted by Crippen LogP contribution is 2.28. The van der Waals surface area contributed by atoms with Gasteiger partial charge < -0.3 is 15.4 Å². The van der Waals surface area contributed by atoms with Gasteiger partial charge in [-0.15, -0.1) is 11.3 Å². The summed E-state index contributed by atoms with van der Waals surface area (Å²) in [5, 5.41) is 7.34. The van der Waals surface area contributed by atoms with Crippen LogP contribution in [0.2, 0.25) is 0 Å². The lowest BCUT2D eigenvalue weighted by molar-refractivity contribution is -0.116. The van der Waals surface area contributed by atoms with E-state index in [1.54, 1.807) is 17.5 Å². The van der Waals surface area contributed by atoms with Crippen LogP contribution in [0.25, 0.3) is 11.3 Å². The van der Waals surface area contributed by atoms with E-state index >= 15 is 0 Å². The number of amides is 2. The van der Waals surface area contributed by atoms with E-state index in [0.717, 1.165) is 11.3 Å². The third-order valence-corrected chi connectivity index (χ3v) is 4.88. The highest BCUT2D eigenvalue weighted by Gasteiger charge is 2.12. The molecule has 2 N–H and O–H groups in total. The number of hydrogen-bond donors (Lipinski definition) is 2. The lowest BCUT2D eigenvalue weighted by atomic mass is 10.1. The molecule has 0 saturated heterocycles. The molecule has 0 atom stereocenters. The smallest absolute Gasteiger partial charge is 0.226 e. The molecule has 156 valence electrons. The van der Waals surface area contributed by atoms with Crippen molar-refractivity contribution in [3.8, 4) is 17.0 Å². The van der Waals surface area contributed by atoms with Crippen LogP contribution < -0.4 is 15.4 Å². The quantitative estimate of drug-likeness (QED) is 0.495. The van der Waals surface area contributed by atoms with Crippen LogP contribution in [0.3, 0.4) is 0 Å². The van der Waals surface area contributed by atoms with Gasteiger partial charge in [0.25, 0.3) is 0 Å². The van der Waals surface area contributed by atoms with E-state index < -0.39 is 5.82 Å². The highest BCUT2D eigenvalue weighted by atomic mass is 32.1. The van der Waals surface area contributed by atoms with Gasteiger partial charge >= 0.3 is 0 Å². The first-order valence-electron chi connectivity index (χ1n) is 9.43. The predicted molar refractivity (Wildman–Crippen MR) is 116 cm³/mol. The van der Waals surface area contributed by atoms with Gasteiger partial charge in [-0.2, -0.15) is 0 Å². The van der Waals surface area contributed by atoms with Gasteiger partial charge in [0.1, 0.15) is 11.6 Å². The molecule has 0 bridgehead atoms. The minimum atomic E-state index is -0.502. The summed E-state index contributed by atoms with van der Waals surface area (Å²) in [6.45, 7) is 3.79. The Hall–Kier alpha value is -3.26. The maximum absolute atomic E-state index is 14.3. The molecule has 0 saturated carbocycles. The van der Waals surface area contributed by atoms with Crippen LogP contribution in [0.4, 0.5) is 15.2 Å². The molecule has 0 unspecified atom stereocenters. The maximum atomic E-state index is 14.3. The van der Waals surface area contributed by atoms with Crippen LogP contribution in [0.1, 0.15) is 25.3 Å². The first-order valence-corrected chi connectivity index (χ1v) is 10.3. The Kier molecular flexibility index (Phi) is 7.13. The summed E-state index contributed by atoms with van der Waals surface area (Å²) in [7, 11) is 0. The summed E-state index contributed by atoms with van der Waals surface area (Å²) in [4.78, 5) is 27.5. The molecule has 0 fully saturated rings. The molecule has 2 amide bonds. The third-order valence-electron chi connectivity index (χ3n) is 4.12. The Morgan fingerprint density at radius 3 is 2.73 bits per heavy atom. The second-order valence-corrected chi connectivity index (χ2v) is 7.59. The lowest BCUT2D eigenvalue weighted by Gasteiger charge is -2.06. The summed E-state index contributed by atoms with van der Waals surface area (Å²) in [6.07, 6.45) is 0.859. The fourth-order valence-corrected chi connectivity index (χ4v) is 3.50. The molecular weight excluding hydrogens is 405 g/mol. The number of rotatable bonds is 8. The average molecular weight is 428 g/mol. The predicted octanol–water partition coefficient (Wildman–Crippen LogP) is 5.01. The van der Waals surface area contributed by atoms with Gasteiger partial charge in [0.2, 0.25) is 11.8 Å². The highest BCUT2D eigenvalue weighted by molar-refractivity contribution is 7.14. The number of halogens is 1. The Labute approximate surface area is 178 Å². The number of benzene rings is 2. The van der Waals surface area contributed by atoms with Crippen molar-refractivity contribution >= 4 is 34.0 Å². The molecule has 1 heterocycles. The van der Waals surface area contributed by atoms with E-state index in [4.69, 9.17) is 4.74 Å². The van der Waals surface area contributed by atoms with Crippen molar-refractivity contribution in [2.24, 2.45) is 0 Å². The van der Waals surface area contributed by atoms with Gasteiger partial charge in [-0.05, 0) is 49.2 Å². The van der Waals surface area contributed by atoms with Crippen LogP contribution >= 0.6 is 11.3 Å². The Bertz CT molecular complexity index is 1050. The fourth-order valence-electron chi connectivity index (χ4n) is 2.77. The summed E-state index contributed by atoms with van der Waals surface area (Å²) < 4.78 is 20.0. The van der Waals surface area contributed by atoms with Crippen molar-refractivity contribution in [3.05, 3.63) is 59.2 Å². The third kappa shape index (κ3) is 6.12. The Morgan fingerprint density at radius 1 is 1.17 bits per heavy atom. The molecule has 3 rings (SSSR count). The fraction of sp³-hybridized carbons (Fsp3) is 0.227. The molecule has 1 aromatic heterocycles. The number of aryl methyl sites for hydroxylation is 1. The molecule has 30 heavy (non-hydrogen) atoms. The first-order chi connectivity index (χ1) is 14.4. The van der Waals surface area contributed by atoms with E-state index in [1.807, 2.05) is 31.2 Å². The molecule has 0 aliphatic heterocycles. The number of hydrogen-bond acceptors (Lipinski definition) is 5. The molecule has 0 aliphatic carbocycles. The number of ether oxygens (including phenoxy) is 1. The topological polar surface area (TPSA) is 80.3 Å². The second-order valence-electron chi connectivity index (χ2n) is 6.73. The first kappa shape index (κ1) is 21.4. The normalized spacial score (nSPS) is 10.5. The van der Waals surface area contributed by atoms with Crippen LogP contribution in [-0.2, 0) is 9.59 Å². The zero-order valence-corrected chi connectivity index (χ0v) is 17.5. The summed E-state index contributed by atoms with van der Waals surface area (Å²) in [5.41, 5.74) is 2.21.